The summed E-state index contributed by atoms with van der Waals surface area (Å²) < 4.78 is 0. The molecule has 0 heterocycles. The van der Waals surface area contributed by atoms with Crippen molar-refractivity contribution in [3.63, 3.8) is 0 Å². The molecule has 7 aromatic rings. The Bertz CT molecular complexity index is 2760. The summed E-state index contributed by atoms with van der Waals surface area (Å²) in [6, 6.07) is 90.7. The topological polar surface area (TPSA) is 26.0 Å². The average Bonchev–Trinajstić information content (AvgIpc) is 3.47. The molecule has 2 N–H and O–H groups in total. The molecular weight excluding hydrogens is 879 g/mol. The lowest BCUT2D eigenvalue weighted by molar-refractivity contribution is 1.01. The van der Waals surface area contributed by atoms with Gasteiger partial charge in [0.25, 0.3) is 0 Å². The number of nitrogens with two attached hydrogens (primary N) is 1. The maximum atomic E-state index is 5.89. The van der Waals surface area contributed by atoms with Gasteiger partial charge in [0.1, 0.15) is 0 Å². The zero-order valence-electron chi connectivity index (χ0n) is 45.2. The molecule has 1 unspecified atom stereocenters. The summed E-state index contributed by atoms with van der Waals surface area (Å²) in [4.78, 5) is 0. The zero-order valence-corrected chi connectivity index (χ0v) is 45.2. The molecule has 0 saturated heterocycles. The van der Waals surface area contributed by atoms with Crippen molar-refractivity contribution < 1.29 is 0 Å². The molecule has 0 aliphatic carbocycles. The average molecular weight is 962 g/mol. The Labute approximate surface area is 443 Å². The van der Waals surface area contributed by atoms with E-state index >= 15 is 0 Å². The fourth-order valence-corrected chi connectivity index (χ4v) is 7.50. The van der Waals surface area contributed by atoms with Crippen LogP contribution in [0.15, 0.2) is 292 Å². The van der Waals surface area contributed by atoms with Gasteiger partial charge in [-0.05, 0) is 85.8 Å². The van der Waals surface area contributed by atoms with E-state index in [9.17, 15) is 0 Å². The molecule has 0 bridgehead atoms. The Morgan fingerprint density at radius 2 is 0.644 bits per heavy atom. The van der Waals surface area contributed by atoms with Gasteiger partial charge in [-0.1, -0.05) is 335 Å². The first-order valence-corrected chi connectivity index (χ1v) is 26.3. The SMILES string of the molecule is C=C.CC.CC.CC.CCC.NCC/C=C\C=C\C(c1ccccc1)c1cc(-c2ccccc2-c2ccccc2)cccc(-c2ccccc2)ccccccccc(-c2ccccc2)c(-c2ccccc2)c1. The molecule has 1 heteroatoms. The van der Waals surface area contributed by atoms with Gasteiger partial charge in [-0.3, -0.25) is 0 Å². The second-order valence-electron chi connectivity index (χ2n) is 15.5. The van der Waals surface area contributed by atoms with Gasteiger partial charge in [-0.25, -0.2) is 0 Å². The van der Waals surface area contributed by atoms with Gasteiger partial charge in [0.15, 0.2) is 0 Å². The van der Waals surface area contributed by atoms with E-state index in [4.69, 9.17) is 5.73 Å². The van der Waals surface area contributed by atoms with Crippen LogP contribution in [0.2, 0.25) is 0 Å². The maximum Gasteiger partial charge on any atom is 0.0273 e. The molecule has 7 rings (SSSR count). The van der Waals surface area contributed by atoms with Gasteiger partial charge >= 0.3 is 0 Å². The van der Waals surface area contributed by atoms with Crippen molar-refractivity contribution in [2.45, 2.75) is 74.1 Å². The molecule has 0 spiro atoms. The monoisotopic (exact) mass is 962 g/mol. The van der Waals surface area contributed by atoms with E-state index in [0.717, 1.165) is 67.6 Å². The van der Waals surface area contributed by atoms with E-state index in [0.29, 0.717) is 6.54 Å². The number of hydrogen-bond acceptors (Lipinski definition) is 1. The van der Waals surface area contributed by atoms with Crippen molar-refractivity contribution >= 4 is 0 Å². The van der Waals surface area contributed by atoms with Gasteiger partial charge in [-0.15, -0.1) is 13.2 Å². The highest BCUT2D eigenvalue weighted by Crippen LogP contribution is 2.37. The number of hydrogen-bond donors (Lipinski definition) is 1. The summed E-state index contributed by atoms with van der Waals surface area (Å²) in [5.74, 6) is -0.111. The van der Waals surface area contributed by atoms with Crippen LogP contribution >= 0.6 is 0 Å². The molecular formula is C72H83N. The molecule has 0 fully saturated rings. The van der Waals surface area contributed by atoms with Crippen LogP contribution in [-0.4, -0.2) is 6.54 Å². The van der Waals surface area contributed by atoms with Crippen molar-refractivity contribution in [1.82, 2.24) is 0 Å². The van der Waals surface area contributed by atoms with Crippen molar-refractivity contribution in [2.75, 3.05) is 6.54 Å². The van der Waals surface area contributed by atoms with Crippen LogP contribution < -0.4 is 5.73 Å². The van der Waals surface area contributed by atoms with Gasteiger partial charge in [0.2, 0.25) is 0 Å². The van der Waals surface area contributed by atoms with E-state index in [1.807, 2.05) is 41.5 Å². The van der Waals surface area contributed by atoms with Crippen LogP contribution in [0, 0.1) is 0 Å². The predicted octanol–water partition coefficient (Wildman–Crippen LogP) is 21.3. The van der Waals surface area contributed by atoms with Gasteiger partial charge in [-0.2, -0.15) is 0 Å². The summed E-state index contributed by atoms with van der Waals surface area (Å²) in [6.45, 7) is 22.9. The van der Waals surface area contributed by atoms with Gasteiger partial charge < -0.3 is 5.73 Å². The molecule has 0 aliphatic heterocycles. The molecule has 0 amide bonds. The number of benzene rings is 6. The predicted molar refractivity (Wildman–Crippen MR) is 328 cm³/mol. The highest BCUT2D eigenvalue weighted by atomic mass is 14.5. The van der Waals surface area contributed by atoms with E-state index in [2.05, 4.69) is 306 Å². The lowest BCUT2D eigenvalue weighted by atomic mass is 9.86. The Morgan fingerprint density at radius 1 is 0.342 bits per heavy atom. The summed E-state index contributed by atoms with van der Waals surface area (Å²) in [6.07, 6.45) is 10.8. The van der Waals surface area contributed by atoms with Gasteiger partial charge in [0, 0.05) is 5.92 Å². The van der Waals surface area contributed by atoms with Crippen LogP contribution in [0.25, 0.3) is 55.6 Å². The highest BCUT2D eigenvalue weighted by molar-refractivity contribution is 5.85. The number of rotatable bonds is 11. The van der Waals surface area contributed by atoms with Gasteiger partial charge in [0.05, 0.1) is 0 Å². The van der Waals surface area contributed by atoms with Crippen LogP contribution in [0.3, 0.4) is 0 Å². The van der Waals surface area contributed by atoms with Crippen LogP contribution in [0.5, 0.6) is 0 Å². The fourth-order valence-electron chi connectivity index (χ4n) is 7.50. The summed E-state index contributed by atoms with van der Waals surface area (Å²) >= 11 is 0. The van der Waals surface area contributed by atoms with E-state index < -0.39 is 0 Å². The van der Waals surface area contributed by atoms with E-state index in [-0.39, 0.29) is 5.92 Å². The van der Waals surface area contributed by atoms with Crippen LogP contribution in [0.1, 0.15) is 85.3 Å². The minimum absolute atomic E-state index is 0.111. The second-order valence-corrected chi connectivity index (χ2v) is 15.5. The smallest absolute Gasteiger partial charge is 0.0273 e. The van der Waals surface area contributed by atoms with Crippen LogP contribution in [0.4, 0.5) is 0 Å². The molecule has 376 valence electrons. The molecule has 0 aromatic heterocycles. The molecule has 1 atom stereocenters. The first-order valence-electron chi connectivity index (χ1n) is 26.3. The third-order valence-electron chi connectivity index (χ3n) is 10.6. The second kappa shape index (κ2) is 39.8. The maximum absolute atomic E-state index is 5.89. The third kappa shape index (κ3) is 21.6. The largest absolute Gasteiger partial charge is 0.330 e. The highest BCUT2D eigenvalue weighted by Gasteiger charge is 2.15. The van der Waals surface area contributed by atoms with Crippen molar-refractivity contribution in [3.05, 3.63) is 303 Å². The summed E-state index contributed by atoms with van der Waals surface area (Å²) in [5, 5.41) is 0. The Kier molecular flexibility index (Phi) is 33.4. The molecule has 7 aromatic carbocycles. The van der Waals surface area contributed by atoms with Crippen molar-refractivity contribution in [3.8, 4) is 55.6 Å². The van der Waals surface area contributed by atoms with Crippen molar-refractivity contribution in [2.24, 2.45) is 5.73 Å². The lowest BCUT2D eigenvalue weighted by Crippen LogP contribution is -1.98. The molecule has 0 saturated carbocycles. The molecule has 1 nitrogen and oxygen atoms in total. The third-order valence-corrected chi connectivity index (χ3v) is 10.6. The first-order chi connectivity index (χ1) is 36.2. The van der Waals surface area contributed by atoms with Crippen LogP contribution in [-0.2, 0) is 0 Å². The normalized spacial score (nSPS) is 10.1. The fraction of sp³-hybridized carbons (Fsp3) is 0.167. The Morgan fingerprint density at radius 3 is 1.08 bits per heavy atom. The molecule has 73 heavy (non-hydrogen) atoms. The standard InChI is InChI=1S/C61H53N.C3H8.3C2H6.C2H4/c62-46-27-6-5-23-42-57(51-32-15-8-16-33-51)56-47-55(60-45-26-25-44-58(60)52-34-17-9-18-35-52)41-28-40-50(49-30-13-7-14-31-49)29-12-3-1-2-4-24-43-59(53-36-19-10-20-37-53)61(48-56)54-38-21-11-22-39-54;1-3-2;4*1-2/h1-26,28-45,47-48,57H,27,46,62H2;3H2,1-2H3;3*1-2H3;1-2H2/b2-1?,3-1?,4-2?,6-5-,12-3?,24-4?,29-12?,40-28?,41-28?,42-23+,43-24?,50-29?,50-40?,55-41?,55-47?,56-47?,56-48?,59-43?,61-48?,61-59?;;;;;. The Hall–Kier alpha value is -7.84. The van der Waals surface area contributed by atoms with E-state index in [1.54, 1.807) is 0 Å². The summed E-state index contributed by atoms with van der Waals surface area (Å²) in [5.41, 5.74) is 19.5. The first kappa shape index (κ1) is 61.3. The molecule has 0 aliphatic rings. The minimum Gasteiger partial charge on any atom is -0.330 e. The van der Waals surface area contributed by atoms with Crippen molar-refractivity contribution in [1.29, 1.82) is 0 Å². The Balaban J connectivity index is 0.00000155. The summed E-state index contributed by atoms with van der Waals surface area (Å²) in [7, 11) is 0. The number of allylic oxidation sites excluding steroid dienone is 3. The molecule has 0 radical (unpaired) electrons. The quantitative estimate of drug-likeness (QED) is 0.101. The zero-order chi connectivity index (χ0) is 53.2. The minimum atomic E-state index is -0.111. The van der Waals surface area contributed by atoms with E-state index in [1.165, 1.54) is 12.0 Å². The lowest BCUT2D eigenvalue weighted by Gasteiger charge is -2.17.